The fourth-order valence-corrected chi connectivity index (χ4v) is 1.59. The molecular weight excluding hydrogens is 256 g/mol. The molecule has 2 rings (SSSR count). The van der Waals surface area contributed by atoms with E-state index >= 15 is 0 Å². The van der Waals surface area contributed by atoms with Crippen molar-refractivity contribution in [2.45, 2.75) is 13.5 Å². The van der Waals surface area contributed by atoms with E-state index < -0.39 is 0 Å². The number of hydrogen-bond donors (Lipinski definition) is 0. The van der Waals surface area contributed by atoms with Crippen LogP contribution in [0.2, 0.25) is 0 Å². The molecule has 0 fully saturated rings. The van der Waals surface area contributed by atoms with E-state index in [4.69, 9.17) is 4.74 Å². The summed E-state index contributed by atoms with van der Waals surface area (Å²) >= 11 is 3.43. The molecule has 0 amide bonds. The third-order valence-corrected chi connectivity index (χ3v) is 2.65. The maximum Gasteiger partial charge on any atom is 0.165 e. The Morgan fingerprint density at radius 1 is 1.40 bits per heavy atom. The van der Waals surface area contributed by atoms with E-state index in [9.17, 15) is 0 Å². The number of benzene rings is 1. The summed E-state index contributed by atoms with van der Waals surface area (Å²) in [5, 5.41) is 4.14. The average Bonchev–Trinajstić information content (AvgIpc) is 2.69. The first-order chi connectivity index (χ1) is 7.29. The third-order valence-electron chi connectivity index (χ3n) is 2.00. The smallest absolute Gasteiger partial charge is 0.165 e. The Balaban J connectivity index is 2.18. The fourth-order valence-electron chi connectivity index (χ4n) is 1.22. The van der Waals surface area contributed by atoms with Gasteiger partial charge in [-0.05, 0) is 35.0 Å². The molecule has 1 heterocycles. The van der Waals surface area contributed by atoms with E-state index in [0.717, 1.165) is 22.5 Å². The Bertz CT molecular complexity index is 453. The molecule has 0 radical (unpaired) electrons. The van der Waals surface area contributed by atoms with Gasteiger partial charge in [-0.25, -0.2) is 0 Å². The van der Waals surface area contributed by atoms with Gasteiger partial charge in [0.1, 0.15) is 5.75 Å². The van der Waals surface area contributed by atoms with Gasteiger partial charge in [-0.15, -0.1) is 0 Å². The highest BCUT2D eigenvalue weighted by molar-refractivity contribution is 9.10. The first kappa shape index (κ1) is 10.2. The summed E-state index contributed by atoms with van der Waals surface area (Å²) in [6, 6.07) is 7.74. The quantitative estimate of drug-likeness (QED) is 0.851. The van der Waals surface area contributed by atoms with Crippen molar-refractivity contribution in [1.82, 2.24) is 9.78 Å². The van der Waals surface area contributed by atoms with Crippen molar-refractivity contribution in [2.75, 3.05) is 0 Å². The molecular formula is C11H11BrN2O. The lowest BCUT2D eigenvalue weighted by Gasteiger charge is -2.03. The van der Waals surface area contributed by atoms with Gasteiger partial charge in [0.15, 0.2) is 5.75 Å². The Kier molecular flexibility index (Phi) is 3.06. The van der Waals surface area contributed by atoms with Crippen molar-refractivity contribution >= 4 is 15.9 Å². The number of hydrogen-bond acceptors (Lipinski definition) is 2. The minimum absolute atomic E-state index is 0.753. The summed E-state index contributed by atoms with van der Waals surface area (Å²) in [7, 11) is 0. The van der Waals surface area contributed by atoms with E-state index in [1.54, 1.807) is 6.20 Å². The molecule has 1 aromatic carbocycles. The fraction of sp³-hybridized carbons (Fsp3) is 0.182. The molecule has 0 aliphatic carbocycles. The molecule has 3 nitrogen and oxygen atoms in total. The van der Waals surface area contributed by atoms with Gasteiger partial charge in [0.25, 0.3) is 0 Å². The second-order valence-corrected chi connectivity index (χ2v) is 3.92. The van der Waals surface area contributed by atoms with Crippen LogP contribution in [0, 0.1) is 0 Å². The van der Waals surface area contributed by atoms with E-state index in [-0.39, 0.29) is 0 Å². The molecule has 78 valence electrons. The summed E-state index contributed by atoms with van der Waals surface area (Å²) in [5.74, 6) is 1.55. The number of para-hydroxylation sites is 1. The summed E-state index contributed by atoms with van der Waals surface area (Å²) in [4.78, 5) is 0. The zero-order valence-electron chi connectivity index (χ0n) is 8.35. The van der Waals surface area contributed by atoms with Gasteiger partial charge in [0.2, 0.25) is 0 Å². The number of halogens is 1. The zero-order chi connectivity index (χ0) is 10.7. The van der Waals surface area contributed by atoms with Crippen molar-refractivity contribution in [3.05, 3.63) is 41.1 Å². The van der Waals surface area contributed by atoms with Crippen LogP contribution in [0.25, 0.3) is 0 Å². The molecule has 1 aromatic heterocycles. The van der Waals surface area contributed by atoms with E-state index in [1.165, 1.54) is 0 Å². The predicted molar refractivity (Wildman–Crippen MR) is 62.1 cm³/mol. The van der Waals surface area contributed by atoms with Crippen LogP contribution in [0.15, 0.2) is 41.1 Å². The predicted octanol–water partition coefficient (Wildman–Crippen LogP) is 3.46. The number of aromatic nitrogens is 2. The lowest BCUT2D eigenvalue weighted by molar-refractivity contribution is 0.478. The van der Waals surface area contributed by atoms with Crippen molar-refractivity contribution < 1.29 is 4.74 Å². The van der Waals surface area contributed by atoms with Crippen LogP contribution in [0.3, 0.4) is 0 Å². The maximum absolute atomic E-state index is 5.66. The summed E-state index contributed by atoms with van der Waals surface area (Å²) in [6.45, 7) is 2.88. The molecule has 0 aliphatic heterocycles. The van der Waals surface area contributed by atoms with E-state index in [0.29, 0.717) is 0 Å². The largest absolute Gasteiger partial charge is 0.453 e. The monoisotopic (exact) mass is 266 g/mol. The number of aryl methyl sites for hydroxylation is 1. The topological polar surface area (TPSA) is 27.1 Å². The second-order valence-electron chi connectivity index (χ2n) is 3.06. The van der Waals surface area contributed by atoms with Gasteiger partial charge in [0.05, 0.1) is 16.9 Å². The molecule has 4 heteroatoms. The van der Waals surface area contributed by atoms with Gasteiger partial charge < -0.3 is 4.74 Å². The SMILES string of the molecule is CCn1cc(Oc2ccccc2Br)cn1. The molecule has 0 spiro atoms. The van der Waals surface area contributed by atoms with Crippen LogP contribution in [-0.2, 0) is 6.54 Å². The summed E-state index contributed by atoms with van der Waals surface area (Å²) in [6.07, 6.45) is 3.59. The Labute approximate surface area is 96.8 Å². The van der Waals surface area contributed by atoms with Crippen molar-refractivity contribution in [2.24, 2.45) is 0 Å². The molecule has 0 saturated heterocycles. The maximum atomic E-state index is 5.66. The Morgan fingerprint density at radius 3 is 2.87 bits per heavy atom. The number of nitrogens with zero attached hydrogens (tertiary/aromatic N) is 2. The Hall–Kier alpha value is -1.29. The molecule has 0 aliphatic rings. The average molecular weight is 267 g/mol. The highest BCUT2D eigenvalue weighted by atomic mass is 79.9. The van der Waals surface area contributed by atoms with Crippen LogP contribution < -0.4 is 4.74 Å². The third kappa shape index (κ3) is 2.39. The molecule has 0 saturated carbocycles. The first-order valence-corrected chi connectivity index (χ1v) is 5.53. The summed E-state index contributed by atoms with van der Waals surface area (Å²) in [5.41, 5.74) is 0. The normalized spacial score (nSPS) is 10.3. The minimum Gasteiger partial charge on any atom is -0.453 e. The highest BCUT2D eigenvalue weighted by Gasteiger charge is 2.03. The van der Waals surface area contributed by atoms with Gasteiger partial charge in [-0.3, -0.25) is 4.68 Å². The lowest BCUT2D eigenvalue weighted by Crippen LogP contribution is -1.92. The zero-order valence-corrected chi connectivity index (χ0v) is 9.94. The molecule has 15 heavy (non-hydrogen) atoms. The van der Waals surface area contributed by atoms with Crippen LogP contribution in [-0.4, -0.2) is 9.78 Å². The Morgan fingerprint density at radius 2 is 2.20 bits per heavy atom. The van der Waals surface area contributed by atoms with Crippen LogP contribution in [0.4, 0.5) is 0 Å². The van der Waals surface area contributed by atoms with Crippen LogP contribution in [0.1, 0.15) is 6.92 Å². The number of ether oxygens (including phenoxy) is 1. The second kappa shape index (κ2) is 4.49. The van der Waals surface area contributed by atoms with Crippen molar-refractivity contribution in [3.8, 4) is 11.5 Å². The molecule has 0 atom stereocenters. The summed E-state index contributed by atoms with van der Waals surface area (Å²) < 4.78 is 8.43. The molecule has 2 aromatic rings. The van der Waals surface area contributed by atoms with Gasteiger partial charge in [-0.1, -0.05) is 12.1 Å². The first-order valence-electron chi connectivity index (χ1n) is 4.74. The van der Waals surface area contributed by atoms with Gasteiger partial charge >= 0.3 is 0 Å². The van der Waals surface area contributed by atoms with Crippen molar-refractivity contribution in [3.63, 3.8) is 0 Å². The van der Waals surface area contributed by atoms with Crippen LogP contribution >= 0.6 is 15.9 Å². The molecule has 0 N–H and O–H groups in total. The lowest BCUT2D eigenvalue weighted by atomic mass is 10.3. The van der Waals surface area contributed by atoms with Gasteiger partial charge in [0, 0.05) is 6.54 Å². The van der Waals surface area contributed by atoms with E-state index in [2.05, 4.69) is 21.0 Å². The van der Waals surface area contributed by atoms with E-state index in [1.807, 2.05) is 42.1 Å². The molecule has 0 unspecified atom stereocenters. The standard InChI is InChI=1S/C11H11BrN2O/c1-2-14-8-9(7-13-14)15-11-6-4-3-5-10(11)12/h3-8H,2H2,1H3. The minimum atomic E-state index is 0.753. The van der Waals surface area contributed by atoms with Crippen LogP contribution in [0.5, 0.6) is 11.5 Å². The molecule has 0 bridgehead atoms. The van der Waals surface area contributed by atoms with Crippen molar-refractivity contribution in [1.29, 1.82) is 0 Å². The number of rotatable bonds is 3. The van der Waals surface area contributed by atoms with Gasteiger partial charge in [-0.2, -0.15) is 5.10 Å². The highest BCUT2D eigenvalue weighted by Crippen LogP contribution is 2.28.